The lowest BCUT2D eigenvalue weighted by atomic mass is 10.2. The van der Waals surface area contributed by atoms with Crippen LogP contribution in [0.3, 0.4) is 0 Å². The Labute approximate surface area is 150 Å². The van der Waals surface area contributed by atoms with Crippen LogP contribution in [-0.4, -0.2) is 17.4 Å². The minimum absolute atomic E-state index is 0.672. The highest BCUT2D eigenvalue weighted by Gasteiger charge is 1.98. The van der Waals surface area contributed by atoms with Crippen molar-refractivity contribution in [3.05, 3.63) is 64.6 Å². The minimum atomic E-state index is 0.672. The van der Waals surface area contributed by atoms with E-state index in [0.717, 1.165) is 34.6 Å². The number of anilines is 1. The Morgan fingerprint density at radius 3 is 2.68 bits per heavy atom. The monoisotopic (exact) mass is 394 g/mol. The molecule has 22 heavy (non-hydrogen) atoms. The summed E-state index contributed by atoms with van der Waals surface area (Å²) in [6.07, 6.45) is 1.10. The van der Waals surface area contributed by atoms with E-state index in [0.29, 0.717) is 5.11 Å². The molecule has 0 heterocycles. The number of halogens is 1. The normalized spacial score (nSPS) is 10.2. The van der Waals surface area contributed by atoms with Crippen molar-refractivity contribution < 1.29 is 0 Å². The first-order valence-corrected chi connectivity index (χ1v) is 9.52. The standard InChI is InChI=1S/C17H19BrN2S2/c18-15-8-4-9-16(12-15)20-17(21)19-10-5-11-22-13-14-6-2-1-3-7-14/h1-4,6-9,12H,5,10-11,13H2,(H2,19,20,21). The smallest absolute Gasteiger partial charge is 0.170 e. The van der Waals surface area contributed by atoms with Crippen molar-refractivity contribution >= 4 is 50.7 Å². The number of nitrogens with one attached hydrogen (secondary N) is 2. The molecule has 0 bridgehead atoms. The van der Waals surface area contributed by atoms with Gasteiger partial charge in [0.05, 0.1) is 0 Å². The Hall–Kier alpha value is -1.04. The molecule has 0 spiro atoms. The molecular formula is C17H19BrN2S2. The number of thioether (sulfide) groups is 1. The number of thiocarbonyl (C=S) groups is 1. The largest absolute Gasteiger partial charge is 0.362 e. The third-order valence-electron chi connectivity index (χ3n) is 2.95. The summed E-state index contributed by atoms with van der Waals surface area (Å²) in [7, 11) is 0. The maximum absolute atomic E-state index is 5.29. The van der Waals surface area contributed by atoms with Gasteiger partial charge in [-0.1, -0.05) is 52.3 Å². The summed E-state index contributed by atoms with van der Waals surface area (Å²) in [5, 5.41) is 7.10. The highest BCUT2D eigenvalue weighted by Crippen LogP contribution is 2.15. The van der Waals surface area contributed by atoms with E-state index in [1.807, 2.05) is 36.0 Å². The first-order valence-electron chi connectivity index (χ1n) is 7.16. The predicted molar refractivity (Wildman–Crippen MR) is 106 cm³/mol. The van der Waals surface area contributed by atoms with Crippen LogP contribution in [0.1, 0.15) is 12.0 Å². The van der Waals surface area contributed by atoms with Crippen LogP contribution >= 0.6 is 39.9 Å². The lowest BCUT2D eigenvalue weighted by Crippen LogP contribution is -2.29. The number of benzene rings is 2. The van der Waals surface area contributed by atoms with Crippen molar-refractivity contribution in [3.8, 4) is 0 Å². The van der Waals surface area contributed by atoms with Gasteiger partial charge in [0, 0.05) is 22.5 Å². The molecule has 2 aromatic carbocycles. The van der Waals surface area contributed by atoms with E-state index in [1.165, 1.54) is 5.56 Å². The summed E-state index contributed by atoms with van der Waals surface area (Å²) in [5.41, 5.74) is 2.37. The fraction of sp³-hybridized carbons (Fsp3) is 0.235. The topological polar surface area (TPSA) is 24.1 Å². The molecule has 0 aliphatic rings. The molecule has 0 aliphatic carbocycles. The van der Waals surface area contributed by atoms with Gasteiger partial charge in [0.15, 0.2) is 5.11 Å². The SMILES string of the molecule is S=C(NCCCSCc1ccccc1)Nc1cccc(Br)c1. The molecule has 2 rings (SSSR count). The van der Waals surface area contributed by atoms with Crippen molar-refractivity contribution in [1.82, 2.24) is 5.32 Å². The van der Waals surface area contributed by atoms with Crippen molar-refractivity contribution in [3.63, 3.8) is 0 Å². The van der Waals surface area contributed by atoms with Crippen molar-refractivity contribution in [2.24, 2.45) is 0 Å². The van der Waals surface area contributed by atoms with Gasteiger partial charge in [-0.25, -0.2) is 0 Å². The van der Waals surface area contributed by atoms with Gasteiger partial charge >= 0.3 is 0 Å². The van der Waals surface area contributed by atoms with Gasteiger partial charge in [0.1, 0.15) is 0 Å². The van der Waals surface area contributed by atoms with Crippen molar-refractivity contribution in [2.45, 2.75) is 12.2 Å². The molecule has 0 aliphatic heterocycles. The van der Waals surface area contributed by atoms with Crippen molar-refractivity contribution in [1.29, 1.82) is 0 Å². The number of hydrogen-bond acceptors (Lipinski definition) is 2. The van der Waals surface area contributed by atoms with Gasteiger partial charge in [-0.2, -0.15) is 11.8 Å². The third-order valence-corrected chi connectivity index (χ3v) is 4.80. The molecule has 0 saturated heterocycles. The molecule has 0 amide bonds. The van der Waals surface area contributed by atoms with Crippen molar-refractivity contribution in [2.75, 3.05) is 17.6 Å². The van der Waals surface area contributed by atoms with Crippen LogP contribution < -0.4 is 10.6 Å². The molecule has 0 aromatic heterocycles. The number of rotatable bonds is 7. The zero-order valence-corrected chi connectivity index (χ0v) is 15.4. The van der Waals surface area contributed by atoms with Gasteiger partial charge in [-0.15, -0.1) is 0 Å². The molecular weight excluding hydrogens is 376 g/mol. The maximum atomic E-state index is 5.29. The first-order chi connectivity index (χ1) is 10.7. The molecule has 0 unspecified atom stereocenters. The van der Waals surface area contributed by atoms with E-state index >= 15 is 0 Å². The second kappa shape index (κ2) is 9.87. The maximum Gasteiger partial charge on any atom is 0.170 e. The average Bonchev–Trinajstić information content (AvgIpc) is 2.52. The van der Waals surface area contributed by atoms with Crippen LogP contribution in [0.2, 0.25) is 0 Å². The van der Waals surface area contributed by atoms with E-state index in [9.17, 15) is 0 Å². The van der Waals surface area contributed by atoms with Gasteiger partial charge in [-0.3, -0.25) is 0 Å². The van der Waals surface area contributed by atoms with Crippen LogP contribution in [0.4, 0.5) is 5.69 Å². The van der Waals surface area contributed by atoms with E-state index < -0.39 is 0 Å². The minimum Gasteiger partial charge on any atom is -0.362 e. The van der Waals surface area contributed by atoms with Crippen LogP contribution in [0.5, 0.6) is 0 Å². The fourth-order valence-electron chi connectivity index (χ4n) is 1.88. The predicted octanol–water partition coefficient (Wildman–Crippen LogP) is 5.06. The second-order valence-electron chi connectivity index (χ2n) is 4.78. The molecule has 116 valence electrons. The molecule has 0 saturated carbocycles. The Bertz CT molecular complexity index is 590. The quantitative estimate of drug-likeness (QED) is 0.506. The van der Waals surface area contributed by atoms with Crippen LogP contribution in [0.25, 0.3) is 0 Å². The Kier molecular flexibility index (Phi) is 7.77. The van der Waals surface area contributed by atoms with Gasteiger partial charge < -0.3 is 10.6 Å². The van der Waals surface area contributed by atoms with Crippen LogP contribution in [-0.2, 0) is 5.75 Å². The summed E-state index contributed by atoms with van der Waals surface area (Å²) < 4.78 is 1.04. The van der Waals surface area contributed by atoms with E-state index in [2.05, 4.69) is 56.9 Å². The Morgan fingerprint density at radius 1 is 1.09 bits per heavy atom. The first kappa shape index (κ1) is 17.3. The Morgan fingerprint density at radius 2 is 1.91 bits per heavy atom. The lowest BCUT2D eigenvalue weighted by Gasteiger charge is -2.10. The Balaban J connectivity index is 1.56. The highest BCUT2D eigenvalue weighted by atomic mass is 79.9. The zero-order valence-electron chi connectivity index (χ0n) is 12.2. The average molecular weight is 395 g/mol. The second-order valence-corrected chi connectivity index (χ2v) is 7.21. The van der Waals surface area contributed by atoms with E-state index in [-0.39, 0.29) is 0 Å². The number of hydrogen-bond donors (Lipinski definition) is 2. The van der Waals surface area contributed by atoms with Gasteiger partial charge in [0.2, 0.25) is 0 Å². The highest BCUT2D eigenvalue weighted by molar-refractivity contribution is 9.10. The fourth-order valence-corrected chi connectivity index (χ4v) is 3.42. The molecule has 2 N–H and O–H groups in total. The summed E-state index contributed by atoms with van der Waals surface area (Å²) in [6, 6.07) is 18.5. The molecule has 2 aromatic rings. The summed E-state index contributed by atoms with van der Waals surface area (Å²) in [4.78, 5) is 0. The molecule has 0 radical (unpaired) electrons. The summed E-state index contributed by atoms with van der Waals surface area (Å²) in [5.74, 6) is 2.20. The molecule has 0 atom stereocenters. The molecule has 5 heteroatoms. The zero-order chi connectivity index (χ0) is 15.6. The summed E-state index contributed by atoms with van der Waals surface area (Å²) in [6.45, 7) is 0.891. The molecule has 0 fully saturated rings. The van der Waals surface area contributed by atoms with E-state index in [1.54, 1.807) is 0 Å². The van der Waals surface area contributed by atoms with Crippen LogP contribution in [0, 0.1) is 0 Å². The lowest BCUT2D eigenvalue weighted by molar-refractivity contribution is 0.854. The molecule has 2 nitrogen and oxygen atoms in total. The van der Waals surface area contributed by atoms with Gasteiger partial charge in [-0.05, 0) is 48.2 Å². The summed E-state index contributed by atoms with van der Waals surface area (Å²) >= 11 is 10.7. The third kappa shape index (κ3) is 6.81. The van der Waals surface area contributed by atoms with E-state index in [4.69, 9.17) is 12.2 Å². The van der Waals surface area contributed by atoms with Crippen LogP contribution in [0.15, 0.2) is 59.1 Å². The van der Waals surface area contributed by atoms with Gasteiger partial charge in [0.25, 0.3) is 0 Å².